The fraction of sp³-hybridized carbons (Fsp3) is 0.429. The van der Waals surface area contributed by atoms with Gasteiger partial charge in [0.2, 0.25) is 0 Å². The van der Waals surface area contributed by atoms with Crippen molar-refractivity contribution >= 4 is 5.91 Å². The summed E-state index contributed by atoms with van der Waals surface area (Å²) in [5.74, 6) is -0.792. The second-order valence-electron chi connectivity index (χ2n) is 7.56. The molecule has 1 saturated heterocycles. The van der Waals surface area contributed by atoms with Gasteiger partial charge in [0.25, 0.3) is 5.91 Å². The van der Waals surface area contributed by atoms with Crippen LogP contribution in [0.2, 0.25) is 0 Å². The van der Waals surface area contributed by atoms with Gasteiger partial charge in [-0.15, -0.1) is 0 Å². The minimum atomic E-state index is -4.66. The molecule has 154 valence electrons. The number of aliphatic hydroxyl groups is 1. The van der Waals surface area contributed by atoms with E-state index in [2.05, 4.69) is 22.0 Å². The lowest BCUT2D eigenvalue weighted by molar-refractivity contribution is -0.138. The number of carbonyl (C=O) groups is 1. The molecule has 2 aliphatic heterocycles. The number of likely N-dealkylation sites (tertiary alicyclic amines) is 1. The van der Waals surface area contributed by atoms with Crippen LogP contribution in [0.15, 0.2) is 42.6 Å². The summed E-state index contributed by atoms with van der Waals surface area (Å²) in [4.78, 5) is 19.9. The molecule has 1 aromatic heterocycles. The Hall–Kier alpha value is -2.45. The summed E-state index contributed by atoms with van der Waals surface area (Å²) < 4.78 is 39.6. The maximum atomic E-state index is 13.2. The van der Waals surface area contributed by atoms with Gasteiger partial charge in [-0.05, 0) is 36.1 Å². The van der Waals surface area contributed by atoms with Gasteiger partial charge in [-0.2, -0.15) is 13.2 Å². The predicted octanol–water partition coefficient (Wildman–Crippen LogP) is 2.73. The molecule has 0 radical (unpaired) electrons. The molecule has 1 aromatic carbocycles. The molecule has 2 aliphatic rings. The molecule has 0 aliphatic carbocycles. The number of hydrogen-bond acceptors (Lipinski definition) is 4. The number of halogens is 3. The van der Waals surface area contributed by atoms with Crippen molar-refractivity contribution in [3.63, 3.8) is 0 Å². The van der Waals surface area contributed by atoms with E-state index in [4.69, 9.17) is 0 Å². The van der Waals surface area contributed by atoms with Gasteiger partial charge in [0.05, 0.1) is 11.7 Å². The third kappa shape index (κ3) is 4.00. The number of aliphatic hydroxyl groups excluding tert-OH is 1. The molecule has 29 heavy (non-hydrogen) atoms. The van der Waals surface area contributed by atoms with E-state index in [1.807, 2.05) is 12.1 Å². The van der Waals surface area contributed by atoms with Gasteiger partial charge in [-0.25, -0.2) is 0 Å². The Morgan fingerprint density at radius 1 is 1.10 bits per heavy atom. The standard InChI is InChI=1S/C21H22F3N3O2/c22-21(23,24)16-6-3-9-25-19(16)20(29)27-11-8-17(18(28)13-27)26-10-7-14-4-1-2-5-15(14)12-26/h1-6,9,17-18,28H,7-8,10-13H2/t17-,18-/m1/s1. The third-order valence-electron chi connectivity index (χ3n) is 5.78. The number of amides is 1. The Bertz CT molecular complexity index is 903. The second-order valence-corrected chi connectivity index (χ2v) is 7.56. The minimum Gasteiger partial charge on any atom is -0.390 e. The zero-order valence-corrected chi connectivity index (χ0v) is 15.8. The topological polar surface area (TPSA) is 56.7 Å². The van der Waals surface area contributed by atoms with Gasteiger partial charge in [0, 0.05) is 38.4 Å². The van der Waals surface area contributed by atoms with Crippen LogP contribution in [0.3, 0.4) is 0 Å². The normalized spacial score (nSPS) is 23.0. The van der Waals surface area contributed by atoms with E-state index >= 15 is 0 Å². The average Bonchev–Trinajstić information content (AvgIpc) is 2.72. The Balaban J connectivity index is 1.46. The number of piperidine rings is 1. The van der Waals surface area contributed by atoms with Crippen molar-refractivity contribution in [1.82, 2.24) is 14.8 Å². The van der Waals surface area contributed by atoms with Crippen LogP contribution in [0.5, 0.6) is 0 Å². The van der Waals surface area contributed by atoms with Crippen molar-refractivity contribution in [2.75, 3.05) is 19.6 Å². The molecule has 5 nitrogen and oxygen atoms in total. The highest BCUT2D eigenvalue weighted by Crippen LogP contribution is 2.32. The number of benzene rings is 1. The molecular formula is C21H22F3N3O2. The third-order valence-corrected chi connectivity index (χ3v) is 5.78. The number of carbonyl (C=O) groups excluding carboxylic acids is 1. The van der Waals surface area contributed by atoms with E-state index in [1.54, 1.807) is 0 Å². The molecular weight excluding hydrogens is 383 g/mol. The van der Waals surface area contributed by atoms with Crippen LogP contribution in [-0.4, -0.2) is 57.6 Å². The van der Waals surface area contributed by atoms with Crippen molar-refractivity contribution in [1.29, 1.82) is 0 Å². The van der Waals surface area contributed by atoms with Crippen molar-refractivity contribution in [2.45, 2.75) is 37.7 Å². The Morgan fingerprint density at radius 3 is 2.59 bits per heavy atom. The summed E-state index contributed by atoms with van der Waals surface area (Å²) in [7, 11) is 0. The van der Waals surface area contributed by atoms with Gasteiger partial charge >= 0.3 is 6.18 Å². The van der Waals surface area contributed by atoms with Crippen LogP contribution in [0, 0.1) is 0 Å². The van der Waals surface area contributed by atoms with Crippen molar-refractivity contribution in [2.24, 2.45) is 0 Å². The highest BCUT2D eigenvalue weighted by Gasteiger charge is 2.40. The number of hydrogen-bond donors (Lipinski definition) is 1. The maximum Gasteiger partial charge on any atom is 0.418 e. The van der Waals surface area contributed by atoms with E-state index in [1.165, 1.54) is 22.2 Å². The zero-order chi connectivity index (χ0) is 20.6. The van der Waals surface area contributed by atoms with Gasteiger partial charge in [0.15, 0.2) is 0 Å². The van der Waals surface area contributed by atoms with Crippen LogP contribution < -0.4 is 0 Å². The fourth-order valence-corrected chi connectivity index (χ4v) is 4.28. The molecule has 3 heterocycles. The molecule has 1 amide bonds. The van der Waals surface area contributed by atoms with Gasteiger partial charge < -0.3 is 10.0 Å². The first-order valence-electron chi connectivity index (χ1n) is 9.65. The molecule has 0 unspecified atom stereocenters. The summed E-state index contributed by atoms with van der Waals surface area (Å²) in [5.41, 5.74) is 0.875. The highest BCUT2D eigenvalue weighted by molar-refractivity contribution is 5.94. The Kier molecular flexibility index (Phi) is 5.31. The number of aromatic nitrogens is 1. The van der Waals surface area contributed by atoms with Gasteiger partial charge in [0.1, 0.15) is 5.69 Å². The molecule has 0 bridgehead atoms. The summed E-state index contributed by atoms with van der Waals surface area (Å²) in [6.07, 6.45) is -2.90. The number of fused-ring (bicyclic) bond motifs is 1. The number of alkyl halides is 3. The average molecular weight is 405 g/mol. The summed E-state index contributed by atoms with van der Waals surface area (Å²) in [5, 5.41) is 10.7. The van der Waals surface area contributed by atoms with E-state index in [0.717, 1.165) is 31.6 Å². The number of nitrogens with zero attached hydrogens (tertiary/aromatic N) is 3. The van der Waals surface area contributed by atoms with Crippen LogP contribution >= 0.6 is 0 Å². The minimum absolute atomic E-state index is 0.00445. The molecule has 2 atom stereocenters. The number of rotatable bonds is 2. The molecule has 0 saturated carbocycles. The van der Waals surface area contributed by atoms with Gasteiger partial charge in [-0.1, -0.05) is 24.3 Å². The quantitative estimate of drug-likeness (QED) is 0.835. The first-order chi connectivity index (χ1) is 13.8. The molecule has 2 aromatic rings. The molecule has 4 rings (SSSR count). The van der Waals surface area contributed by atoms with E-state index in [-0.39, 0.29) is 19.1 Å². The Labute approximate surface area is 166 Å². The van der Waals surface area contributed by atoms with Crippen molar-refractivity contribution in [3.05, 3.63) is 65.0 Å². The number of pyridine rings is 1. The molecule has 8 heteroatoms. The largest absolute Gasteiger partial charge is 0.418 e. The zero-order valence-electron chi connectivity index (χ0n) is 15.8. The highest BCUT2D eigenvalue weighted by atomic mass is 19.4. The lowest BCUT2D eigenvalue weighted by atomic mass is 9.94. The number of β-amino-alcohol motifs (C(OH)–C–C–N with tert-alkyl or cyclic N) is 1. The predicted molar refractivity (Wildman–Crippen MR) is 100 cm³/mol. The smallest absolute Gasteiger partial charge is 0.390 e. The van der Waals surface area contributed by atoms with E-state index < -0.39 is 29.4 Å². The lowest BCUT2D eigenvalue weighted by Gasteiger charge is -2.43. The lowest BCUT2D eigenvalue weighted by Crippen LogP contribution is -2.56. The van der Waals surface area contributed by atoms with E-state index in [0.29, 0.717) is 6.42 Å². The summed E-state index contributed by atoms with van der Waals surface area (Å²) in [6.45, 7) is 1.82. The van der Waals surface area contributed by atoms with Crippen molar-refractivity contribution < 1.29 is 23.1 Å². The monoisotopic (exact) mass is 405 g/mol. The maximum absolute atomic E-state index is 13.2. The molecule has 1 fully saturated rings. The second kappa shape index (κ2) is 7.76. The Morgan fingerprint density at radius 2 is 1.86 bits per heavy atom. The summed E-state index contributed by atoms with van der Waals surface area (Å²) >= 11 is 0. The van der Waals surface area contributed by atoms with E-state index in [9.17, 15) is 23.1 Å². The van der Waals surface area contributed by atoms with Crippen LogP contribution in [0.1, 0.15) is 33.6 Å². The summed E-state index contributed by atoms with van der Waals surface area (Å²) in [6, 6.07) is 10.1. The molecule has 0 spiro atoms. The SMILES string of the molecule is O=C(c1ncccc1C(F)(F)F)N1CC[C@@H](N2CCc3ccccc3C2)[C@H](O)C1. The first kappa shape index (κ1) is 19.8. The molecule has 1 N–H and O–H groups in total. The van der Waals surface area contributed by atoms with Crippen molar-refractivity contribution in [3.8, 4) is 0 Å². The van der Waals surface area contributed by atoms with Crippen LogP contribution in [0.25, 0.3) is 0 Å². The van der Waals surface area contributed by atoms with Crippen LogP contribution in [-0.2, 0) is 19.1 Å². The van der Waals surface area contributed by atoms with Gasteiger partial charge in [-0.3, -0.25) is 14.7 Å². The first-order valence-corrected chi connectivity index (χ1v) is 9.65. The fourth-order valence-electron chi connectivity index (χ4n) is 4.28. The van der Waals surface area contributed by atoms with Crippen LogP contribution in [0.4, 0.5) is 13.2 Å².